The first-order valence-corrected chi connectivity index (χ1v) is 11.8. The van der Waals surface area contributed by atoms with Gasteiger partial charge in [-0.15, -0.1) is 10.2 Å². The number of fused-ring (bicyclic) bond motifs is 1. The lowest BCUT2D eigenvalue weighted by atomic mass is 9.98. The molecular weight excluding hydrogens is 470 g/mol. The first-order valence-electron chi connectivity index (χ1n) is 11.8. The SMILES string of the molecule is Cc1cc(C(C)Nc2cccnc2C(=O)NCc2nnco2)c2oc(-c3ccccc3)c(C)c(=O)c2c1. The van der Waals surface area contributed by atoms with Crippen molar-refractivity contribution in [1.82, 2.24) is 20.5 Å². The van der Waals surface area contributed by atoms with Crippen LogP contribution in [0, 0.1) is 13.8 Å². The van der Waals surface area contributed by atoms with Crippen LogP contribution in [0.15, 0.2) is 80.8 Å². The highest BCUT2D eigenvalue weighted by atomic mass is 16.4. The molecule has 0 aliphatic rings. The minimum absolute atomic E-state index is 0.0697. The maximum absolute atomic E-state index is 13.4. The summed E-state index contributed by atoms with van der Waals surface area (Å²) in [5, 5.41) is 14.0. The standard InChI is InChI=1S/C28H25N5O4/c1-16-12-20(27-21(13-16)25(34)17(2)26(37-27)19-8-5-4-6-9-19)18(3)32-22-10-7-11-29-24(22)28(35)30-14-23-33-31-15-36-23/h4-13,15,18,32H,14H2,1-3H3,(H,30,35). The fraction of sp³-hybridized carbons (Fsp3) is 0.179. The Labute approximate surface area is 212 Å². The number of benzene rings is 2. The zero-order chi connectivity index (χ0) is 25.9. The van der Waals surface area contributed by atoms with Crippen molar-refractivity contribution in [2.24, 2.45) is 0 Å². The van der Waals surface area contributed by atoms with Gasteiger partial charge in [-0.3, -0.25) is 9.59 Å². The summed E-state index contributed by atoms with van der Waals surface area (Å²) in [7, 11) is 0. The van der Waals surface area contributed by atoms with E-state index in [0.717, 1.165) is 16.7 Å². The molecule has 0 saturated heterocycles. The van der Waals surface area contributed by atoms with Gasteiger partial charge in [-0.1, -0.05) is 36.4 Å². The molecule has 0 aliphatic carbocycles. The summed E-state index contributed by atoms with van der Waals surface area (Å²) in [6.45, 7) is 5.76. The molecule has 5 rings (SSSR count). The van der Waals surface area contributed by atoms with Crippen LogP contribution in [0.2, 0.25) is 0 Å². The molecule has 9 heteroatoms. The van der Waals surface area contributed by atoms with Crippen molar-refractivity contribution in [2.75, 3.05) is 5.32 Å². The molecule has 186 valence electrons. The van der Waals surface area contributed by atoms with Gasteiger partial charge < -0.3 is 19.5 Å². The van der Waals surface area contributed by atoms with Gasteiger partial charge in [0.05, 0.1) is 23.7 Å². The average Bonchev–Trinajstić information content (AvgIpc) is 3.44. The van der Waals surface area contributed by atoms with E-state index in [1.54, 1.807) is 25.3 Å². The molecule has 5 aromatic rings. The number of amides is 1. The third-order valence-corrected chi connectivity index (χ3v) is 6.09. The molecule has 37 heavy (non-hydrogen) atoms. The predicted octanol–water partition coefficient (Wildman–Crippen LogP) is 4.96. The van der Waals surface area contributed by atoms with Crippen molar-refractivity contribution in [3.05, 3.63) is 106 Å². The average molecular weight is 496 g/mol. The summed E-state index contributed by atoms with van der Waals surface area (Å²) in [5.74, 6) is 0.437. The maximum Gasteiger partial charge on any atom is 0.272 e. The number of aromatic nitrogens is 3. The van der Waals surface area contributed by atoms with Crippen LogP contribution >= 0.6 is 0 Å². The fourth-order valence-corrected chi connectivity index (χ4v) is 4.28. The quantitative estimate of drug-likeness (QED) is 0.325. The molecule has 0 aliphatic heterocycles. The van der Waals surface area contributed by atoms with Crippen molar-refractivity contribution in [2.45, 2.75) is 33.4 Å². The molecule has 2 aromatic carbocycles. The van der Waals surface area contributed by atoms with E-state index in [0.29, 0.717) is 28.0 Å². The van der Waals surface area contributed by atoms with Gasteiger partial charge in [0.25, 0.3) is 5.91 Å². The van der Waals surface area contributed by atoms with Gasteiger partial charge >= 0.3 is 0 Å². The molecular formula is C28H25N5O4. The van der Waals surface area contributed by atoms with E-state index in [9.17, 15) is 9.59 Å². The largest absolute Gasteiger partial charge is 0.455 e. The summed E-state index contributed by atoms with van der Waals surface area (Å²) in [6, 6.07) is 16.6. The molecule has 0 saturated carbocycles. The number of rotatable bonds is 7. The van der Waals surface area contributed by atoms with Crippen LogP contribution in [-0.4, -0.2) is 21.1 Å². The van der Waals surface area contributed by atoms with Gasteiger partial charge in [-0.2, -0.15) is 0 Å². The lowest BCUT2D eigenvalue weighted by Crippen LogP contribution is -2.25. The summed E-state index contributed by atoms with van der Waals surface area (Å²) < 4.78 is 11.5. The topological polar surface area (TPSA) is 123 Å². The first kappa shape index (κ1) is 23.9. The summed E-state index contributed by atoms with van der Waals surface area (Å²) in [4.78, 5) is 30.5. The highest BCUT2D eigenvalue weighted by molar-refractivity contribution is 5.97. The first-order chi connectivity index (χ1) is 17.9. The number of pyridine rings is 1. The minimum Gasteiger partial charge on any atom is -0.455 e. The number of nitrogens with one attached hydrogen (secondary N) is 2. The van der Waals surface area contributed by atoms with Crippen molar-refractivity contribution < 1.29 is 13.6 Å². The van der Waals surface area contributed by atoms with Crippen LogP contribution in [0.1, 0.15) is 46.0 Å². The van der Waals surface area contributed by atoms with E-state index < -0.39 is 5.91 Å². The fourth-order valence-electron chi connectivity index (χ4n) is 4.28. The summed E-state index contributed by atoms with van der Waals surface area (Å²) in [6.07, 6.45) is 2.75. The normalized spacial score (nSPS) is 11.9. The smallest absolute Gasteiger partial charge is 0.272 e. The Bertz CT molecular complexity index is 1630. The number of nitrogens with zero attached hydrogens (tertiary/aromatic N) is 3. The Morgan fingerprint density at radius 3 is 2.65 bits per heavy atom. The Morgan fingerprint density at radius 1 is 1.08 bits per heavy atom. The lowest BCUT2D eigenvalue weighted by Gasteiger charge is -2.20. The Kier molecular flexibility index (Phi) is 6.51. The predicted molar refractivity (Wildman–Crippen MR) is 139 cm³/mol. The van der Waals surface area contributed by atoms with Crippen molar-refractivity contribution >= 4 is 22.6 Å². The molecule has 0 spiro atoms. The molecule has 1 atom stereocenters. The van der Waals surface area contributed by atoms with E-state index in [1.165, 1.54) is 6.39 Å². The maximum atomic E-state index is 13.4. The van der Waals surface area contributed by atoms with Gasteiger partial charge in [0.2, 0.25) is 12.3 Å². The number of aryl methyl sites for hydroxylation is 1. The van der Waals surface area contributed by atoms with E-state index in [4.69, 9.17) is 8.83 Å². The van der Waals surface area contributed by atoms with Gasteiger partial charge in [-0.05, 0) is 44.5 Å². The van der Waals surface area contributed by atoms with E-state index >= 15 is 0 Å². The van der Waals surface area contributed by atoms with Gasteiger partial charge in [0.1, 0.15) is 11.3 Å². The van der Waals surface area contributed by atoms with Crippen LogP contribution in [0.25, 0.3) is 22.3 Å². The number of carbonyl (C=O) groups is 1. The second-order valence-corrected chi connectivity index (χ2v) is 8.76. The minimum atomic E-state index is -0.392. The van der Waals surface area contributed by atoms with E-state index in [2.05, 4.69) is 25.8 Å². The molecule has 2 N–H and O–H groups in total. The Balaban J connectivity index is 1.51. The molecule has 3 heterocycles. The molecule has 1 amide bonds. The summed E-state index contributed by atoms with van der Waals surface area (Å²) >= 11 is 0. The van der Waals surface area contributed by atoms with E-state index in [1.807, 2.05) is 56.3 Å². The molecule has 0 bridgehead atoms. The van der Waals surface area contributed by atoms with Crippen molar-refractivity contribution in [3.8, 4) is 11.3 Å². The molecule has 9 nitrogen and oxygen atoms in total. The number of carbonyl (C=O) groups excluding carboxylic acids is 1. The molecule has 0 fully saturated rings. The Hall–Kier alpha value is -4.79. The van der Waals surface area contributed by atoms with Crippen LogP contribution in [0.5, 0.6) is 0 Å². The number of hydrogen-bond acceptors (Lipinski definition) is 8. The number of hydrogen-bond donors (Lipinski definition) is 2. The Morgan fingerprint density at radius 2 is 1.89 bits per heavy atom. The molecule has 3 aromatic heterocycles. The summed E-state index contributed by atoms with van der Waals surface area (Å²) in [5.41, 5.74) is 4.30. The zero-order valence-electron chi connectivity index (χ0n) is 20.6. The van der Waals surface area contributed by atoms with Gasteiger partial charge in [0.15, 0.2) is 11.1 Å². The third-order valence-electron chi connectivity index (χ3n) is 6.09. The van der Waals surface area contributed by atoms with E-state index in [-0.39, 0.29) is 29.6 Å². The van der Waals surface area contributed by atoms with Crippen molar-refractivity contribution in [3.63, 3.8) is 0 Å². The van der Waals surface area contributed by atoms with Crippen LogP contribution in [0.4, 0.5) is 5.69 Å². The van der Waals surface area contributed by atoms with Crippen LogP contribution in [0.3, 0.4) is 0 Å². The van der Waals surface area contributed by atoms with Crippen LogP contribution in [-0.2, 0) is 6.54 Å². The molecule has 0 radical (unpaired) electrons. The lowest BCUT2D eigenvalue weighted by molar-refractivity contribution is 0.0943. The molecule has 1 unspecified atom stereocenters. The highest BCUT2D eigenvalue weighted by Gasteiger charge is 2.21. The van der Waals surface area contributed by atoms with Crippen molar-refractivity contribution in [1.29, 1.82) is 0 Å². The second-order valence-electron chi connectivity index (χ2n) is 8.76. The van der Waals surface area contributed by atoms with Crippen LogP contribution < -0.4 is 16.1 Å². The highest BCUT2D eigenvalue weighted by Crippen LogP contribution is 2.32. The van der Waals surface area contributed by atoms with Gasteiger partial charge in [-0.25, -0.2) is 4.98 Å². The third kappa shape index (κ3) is 4.84. The monoisotopic (exact) mass is 495 g/mol. The number of anilines is 1. The zero-order valence-corrected chi connectivity index (χ0v) is 20.6. The second kappa shape index (κ2) is 10.1. The van der Waals surface area contributed by atoms with Gasteiger partial charge in [0, 0.05) is 22.9 Å².